The van der Waals surface area contributed by atoms with Crippen LogP contribution in [0.5, 0.6) is 0 Å². The zero-order chi connectivity index (χ0) is 26.8. The van der Waals surface area contributed by atoms with Crippen molar-refractivity contribution in [2.75, 3.05) is 18.8 Å². The standard InChI is InChI=1S/C24H35N5O7S/c30-18(8-2-1-7-17-22-16(14-37-17)27-24(36)28-22)25-12-4-3-6-15(23(34)35)26-19(31)9-5-13-29-20(32)10-11-21(29)33/h10-11,15-17,22H,1-9,12-14H2,(H,25,30)(H,26,31)(H,34,35)(H2,27,28,36)/t15-,16?,17-,22?/m0/s1. The second-order valence-corrected chi connectivity index (χ2v) is 10.7. The molecule has 0 aromatic rings. The van der Waals surface area contributed by atoms with E-state index < -0.39 is 29.7 Å². The average Bonchev–Trinajstić information content (AvgIpc) is 3.50. The zero-order valence-electron chi connectivity index (χ0n) is 20.7. The number of imide groups is 1. The Hall–Kier alpha value is -3.09. The van der Waals surface area contributed by atoms with E-state index in [9.17, 15) is 33.9 Å². The highest BCUT2D eigenvalue weighted by atomic mass is 32.2. The average molecular weight is 538 g/mol. The molecular weight excluding hydrogens is 502 g/mol. The number of thioether (sulfide) groups is 1. The molecule has 37 heavy (non-hydrogen) atoms. The number of unbranched alkanes of at least 4 members (excludes halogenated alkanes) is 2. The summed E-state index contributed by atoms with van der Waals surface area (Å²) in [6.45, 7) is 0.538. The molecule has 0 bridgehead atoms. The number of amides is 6. The third-order valence-electron chi connectivity index (χ3n) is 6.64. The van der Waals surface area contributed by atoms with E-state index in [1.165, 1.54) is 12.2 Å². The van der Waals surface area contributed by atoms with Crippen molar-refractivity contribution in [2.24, 2.45) is 0 Å². The predicted octanol–water partition coefficient (Wildman–Crippen LogP) is 0.273. The summed E-state index contributed by atoms with van der Waals surface area (Å²) in [5.74, 6) is -1.54. The molecule has 13 heteroatoms. The summed E-state index contributed by atoms with van der Waals surface area (Å²) >= 11 is 1.86. The topological polar surface area (TPSA) is 174 Å². The molecule has 4 atom stereocenters. The molecule has 3 heterocycles. The van der Waals surface area contributed by atoms with E-state index in [1.54, 1.807) is 0 Å². The molecule has 3 aliphatic heterocycles. The Morgan fingerprint density at radius 1 is 1.00 bits per heavy atom. The molecule has 12 nitrogen and oxygen atoms in total. The van der Waals surface area contributed by atoms with Crippen molar-refractivity contribution in [3.05, 3.63) is 12.2 Å². The van der Waals surface area contributed by atoms with Crippen molar-refractivity contribution >= 4 is 47.4 Å². The van der Waals surface area contributed by atoms with Gasteiger partial charge in [0.25, 0.3) is 11.8 Å². The summed E-state index contributed by atoms with van der Waals surface area (Å²) in [6, 6.07) is -0.751. The highest BCUT2D eigenvalue weighted by Crippen LogP contribution is 2.33. The number of carboxylic acid groups (broad SMARTS) is 1. The first-order chi connectivity index (χ1) is 17.7. The summed E-state index contributed by atoms with van der Waals surface area (Å²) in [5, 5.41) is 21.0. The van der Waals surface area contributed by atoms with Crippen LogP contribution in [0, 0.1) is 0 Å². The number of urea groups is 1. The lowest BCUT2D eigenvalue weighted by molar-refractivity contribution is -0.142. The number of rotatable bonds is 16. The maximum Gasteiger partial charge on any atom is 0.326 e. The molecule has 0 aromatic heterocycles. The van der Waals surface area contributed by atoms with Gasteiger partial charge in [-0.1, -0.05) is 6.42 Å². The molecule has 6 amide bonds. The smallest absolute Gasteiger partial charge is 0.326 e. The Balaban J connectivity index is 1.20. The molecule has 0 aromatic carbocycles. The number of hydrogen-bond acceptors (Lipinski definition) is 7. The van der Waals surface area contributed by atoms with Crippen molar-refractivity contribution in [3.8, 4) is 0 Å². The van der Waals surface area contributed by atoms with E-state index in [0.717, 1.165) is 29.9 Å². The van der Waals surface area contributed by atoms with Crippen molar-refractivity contribution in [2.45, 2.75) is 81.2 Å². The Kier molecular flexibility index (Phi) is 10.8. The first-order valence-corrected chi connectivity index (χ1v) is 13.8. The second-order valence-electron chi connectivity index (χ2n) is 9.44. The predicted molar refractivity (Wildman–Crippen MR) is 135 cm³/mol. The highest BCUT2D eigenvalue weighted by molar-refractivity contribution is 8.00. The first kappa shape index (κ1) is 28.5. The van der Waals surface area contributed by atoms with Gasteiger partial charge in [-0.2, -0.15) is 11.8 Å². The Labute approximate surface area is 219 Å². The van der Waals surface area contributed by atoms with E-state index in [-0.39, 0.29) is 49.8 Å². The van der Waals surface area contributed by atoms with Crippen LogP contribution in [-0.4, -0.2) is 87.9 Å². The maximum atomic E-state index is 12.1. The molecule has 2 fully saturated rings. The molecule has 2 unspecified atom stereocenters. The van der Waals surface area contributed by atoms with Crippen LogP contribution >= 0.6 is 11.8 Å². The number of carbonyl (C=O) groups excluding carboxylic acids is 5. The molecule has 0 aliphatic carbocycles. The van der Waals surface area contributed by atoms with Crippen LogP contribution in [-0.2, 0) is 24.0 Å². The minimum atomic E-state index is -1.13. The molecule has 5 N–H and O–H groups in total. The van der Waals surface area contributed by atoms with Crippen molar-refractivity contribution < 1.29 is 33.9 Å². The highest BCUT2D eigenvalue weighted by Gasteiger charge is 2.42. The number of aliphatic carboxylic acids is 1. The lowest BCUT2D eigenvalue weighted by Crippen LogP contribution is -2.41. The summed E-state index contributed by atoms with van der Waals surface area (Å²) in [7, 11) is 0. The number of carboxylic acids is 1. The first-order valence-electron chi connectivity index (χ1n) is 12.8. The van der Waals surface area contributed by atoms with Crippen LogP contribution in [0.15, 0.2) is 12.2 Å². The minimum Gasteiger partial charge on any atom is -0.480 e. The van der Waals surface area contributed by atoms with Gasteiger partial charge in [-0.05, 0) is 38.5 Å². The van der Waals surface area contributed by atoms with E-state index in [2.05, 4.69) is 21.3 Å². The lowest BCUT2D eigenvalue weighted by atomic mass is 10.0. The van der Waals surface area contributed by atoms with Gasteiger partial charge in [0.2, 0.25) is 11.8 Å². The van der Waals surface area contributed by atoms with Crippen LogP contribution < -0.4 is 21.3 Å². The quantitative estimate of drug-likeness (QED) is 0.106. The molecule has 204 valence electrons. The van der Waals surface area contributed by atoms with E-state index >= 15 is 0 Å². The van der Waals surface area contributed by atoms with Gasteiger partial charge in [-0.3, -0.25) is 24.1 Å². The van der Waals surface area contributed by atoms with Crippen LogP contribution in [0.1, 0.15) is 57.8 Å². The van der Waals surface area contributed by atoms with Crippen LogP contribution in [0.3, 0.4) is 0 Å². The number of hydrogen-bond donors (Lipinski definition) is 5. The van der Waals surface area contributed by atoms with Gasteiger partial charge in [-0.25, -0.2) is 9.59 Å². The van der Waals surface area contributed by atoms with Gasteiger partial charge >= 0.3 is 12.0 Å². The fourth-order valence-corrected chi connectivity index (χ4v) is 6.18. The van der Waals surface area contributed by atoms with Crippen molar-refractivity contribution in [3.63, 3.8) is 0 Å². The Morgan fingerprint density at radius 3 is 2.46 bits per heavy atom. The summed E-state index contributed by atoms with van der Waals surface area (Å²) in [5.41, 5.74) is 0. The maximum absolute atomic E-state index is 12.1. The van der Waals surface area contributed by atoms with E-state index in [1.807, 2.05) is 11.8 Å². The van der Waals surface area contributed by atoms with Gasteiger partial charge in [-0.15, -0.1) is 0 Å². The Morgan fingerprint density at radius 2 is 1.73 bits per heavy atom. The SMILES string of the molecule is O=C(CCCC[C@@H]1SCC2NC(=O)NC21)NCCCC[C@H](NC(=O)CCCN1C(=O)C=CC1=O)C(=O)O. The summed E-state index contributed by atoms with van der Waals surface area (Å²) in [4.78, 5) is 71.1. The lowest BCUT2D eigenvalue weighted by Gasteiger charge is -2.16. The molecule has 0 radical (unpaired) electrons. The third-order valence-corrected chi connectivity index (χ3v) is 8.15. The van der Waals surface area contributed by atoms with Gasteiger partial charge in [0.05, 0.1) is 12.1 Å². The van der Waals surface area contributed by atoms with Crippen molar-refractivity contribution in [1.29, 1.82) is 0 Å². The minimum absolute atomic E-state index is 0.00307. The van der Waals surface area contributed by atoms with Crippen LogP contribution in [0.25, 0.3) is 0 Å². The van der Waals surface area contributed by atoms with Crippen LogP contribution in [0.2, 0.25) is 0 Å². The van der Waals surface area contributed by atoms with Gasteiger partial charge in [0.1, 0.15) is 6.04 Å². The van der Waals surface area contributed by atoms with E-state index in [4.69, 9.17) is 0 Å². The summed E-state index contributed by atoms with van der Waals surface area (Å²) < 4.78 is 0. The Bertz CT molecular complexity index is 909. The van der Waals surface area contributed by atoms with Crippen molar-refractivity contribution in [1.82, 2.24) is 26.2 Å². The fraction of sp³-hybridized carbons (Fsp3) is 0.667. The number of nitrogens with one attached hydrogen (secondary N) is 4. The monoisotopic (exact) mass is 537 g/mol. The molecule has 3 rings (SSSR count). The number of nitrogens with zero attached hydrogens (tertiary/aromatic N) is 1. The molecule has 0 spiro atoms. The zero-order valence-corrected chi connectivity index (χ0v) is 21.5. The second kappa shape index (κ2) is 14.0. The number of fused-ring (bicyclic) bond motifs is 1. The van der Waals surface area contributed by atoms with Gasteiger partial charge < -0.3 is 26.4 Å². The third kappa shape index (κ3) is 8.76. The van der Waals surface area contributed by atoms with Gasteiger partial charge in [0.15, 0.2) is 0 Å². The normalized spacial score (nSPS) is 23.0. The number of carbonyl (C=O) groups is 6. The molecule has 3 aliphatic rings. The fourth-order valence-electron chi connectivity index (χ4n) is 4.64. The van der Waals surface area contributed by atoms with E-state index in [0.29, 0.717) is 31.1 Å². The molecule has 2 saturated heterocycles. The largest absolute Gasteiger partial charge is 0.480 e. The molecular formula is C24H35N5O7S. The van der Waals surface area contributed by atoms with Gasteiger partial charge in [0, 0.05) is 49.1 Å². The molecule has 0 saturated carbocycles. The van der Waals surface area contributed by atoms with Crippen LogP contribution in [0.4, 0.5) is 4.79 Å². The summed E-state index contributed by atoms with van der Waals surface area (Å²) in [6.07, 6.45) is 6.99.